The maximum Gasteiger partial charge on any atom is 0.192 e. The Morgan fingerprint density at radius 1 is 0.848 bits per heavy atom. The second-order valence-corrected chi connectivity index (χ2v) is 8.83. The molecule has 5 rings (SSSR count). The van der Waals surface area contributed by atoms with Gasteiger partial charge in [0.15, 0.2) is 22.6 Å². The lowest BCUT2D eigenvalue weighted by Gasteiger charge is -2.22. The molecule has 1 aromatic heterocycles. The standard InChI is InChI=1S/C26H23N5OS/c1-2-18-14-16-20(17-15-18)33(32)30-25-26(29-23-12-6-5-11-22(23)28-25)31(27)24-13-7-9-19-8-3-4-10-21(19)24/h3-17H,2,27H2,1H3,(H,28,30). The molecule has 5 aromatic rings. The molecule has 33 heavy (non-hydrogen) atoms. The highest BCUT2D eigenvalue weighted by molar-refractivity contribution is 7.86. The van der Waals surface area contributed by atoms with E-state index in [1.54, 1.807) is 0 Å². The number of anilines is 3. The summed E-state index contributed by atoms with van der Waals surface area (Å²) in [7, 11) is -1.53. The van der Waals surface area contributed by atoms with Crippen molar-refractivity contribution in [3.05, 3.63) is 96.6 Å². The van der Waals surface area contributed by atoms with Crippen LogP contribution in [0.5, 0.6) is 0 Å². The topological polar surface area (TPSA) is 84.1 Å². The number of hydrogen-bond donors (Lipinski definition) is 2. The highest BCUT2D eigenvalue weighted by Gasteiger charge is 2.19. The largest absolute Gasteiger partial charge is 0.282 e. The van der Waals surface area contributed by atoms with Crippen LogP contribution in [0.3, 0.4) is 0 Å². The molecule has 4 aromatic carbocycles. The Balaban J connectivity index is 1.60. The minimum Gasteiger partial charge on any atom is -0.282 e. The zero-order chi connectivity index (χ0) is 22.8. The van der Waals surface area contributed by atoms with E-state index in [4.69, 9.17) is 15.8 Å². The van der Waals surface area contributed by atoms with Crippen LogP contribution in [0.15, 0.2) is 95.9 Å². The molecule has 0 saturated carbocycles. The molecule has 0 fully saturated rings. The predicted octanol–water partition coefficient (Wildman–Crippen LogP) is 5.49. The van der Waals surface area contributed by atoms with Crippen LogP contribution in [0.4, 0.5) is 17.3 Å². The summed E-state index contributed by atoms with van der Waals surface area (Å²) in [5.74, 6) is 7.36. The third-order valence-electron chi connectivity index (χ3n) is 5.54. The van der Waals surface area contributed by atoms with Crippen LogP contribution >= 0.6 is 0 Å². The van der Waals surface area contributed by atoms with Crippen LogP contribution < -0.4 is 15.6 Å². The number of rotatable bonds is 6. The summed E-state index contributed by atoms with van der Waals surface area (Å²) >= 11 is 0. The van der Waals surface area contributed by atoms with Gasteiger partial charge in [0.1, 0.15) is 0 Å². The van der Waals surface area contributed by atoms with E-state index in [0.29, 0.717) is 27.6 Å². The van der Waals surface area contributed by atoms with Gasteiger partial charge in [0.25, 0.3) is 0 Å². The third-order valence-corrected chi connectivity index (χ3v) is 6.62. The molecule has 7 heteroatoms. The Labute approximate surface area is 194 Å². The number of nitrogens with one attached hydrogen (secondary N) is 1. The number of hydrogen-bond acceptors (Lipinski definition) is 5. The molecule has 1 unspecified atom stereocenters. The lowest BCUT2D eigenvalue weighted by atomic mass is 10.1. The second-order valence-electron chi connectivity index (χ2n) is 7.62. The van der Waals surface area contributed by atoms with Crippen LogP contribution in [0, 0.1) is 0 Å². The van der Waals surface area contributed by atoms with Gasteiger partial charge in [-0.1, -0.05) is 67.6 Å². The summed E-state index contributed by atoms with van der Waals surface area (Å²) in [6, 6.07) is 29.2. The van der Waals surface area contributed by atoms with Crippen LogP contribution in [0.1, 0.15) is 12.5 Å². The first-order valence-electron chi connectivity index (χ1n) is 10.7. The molecule has 0 saturated heterocycles. The number of nitrogens with two attached hydrogens (primary N) is 1. The highest BCUT2D eigenvalue weighted by atomic mass is 32.2. The molecular weight excluding hydrogens is 430 g/mol. The van der Waals surface area contributed by atoms with Crippen molar-refractivity contribution in [2.24, 2.45) is 5.84 Å². The molecule has 0 aliphatic rings. The third kappa shape index (κ3) is 4.16. The van der Waals surface area contributed by atoms with E-state index in [-0.39, 0.29) is 0 Å². The van der Waals surface area contributed by atoms with Crippen molar-refractivity contribution in [1.29, 1.82) is 0 Å². The van der Waals surface area contributed by atoms with Crippen LogP contribution in [-0.2, 0) is 17.4 Å². The average Bonchev–Trinajstić information content (AvgIpc) is 2.87. The van der Waals surface area contributed by atoms with E-state index in [1.165, 1.54) is 10.6 Å². The fourth-order valence-corrected chi connectivity index (χ4v) is 4.57. The van der Waals surface area contributed by atoms with Crippen LogP contribution in [-0.4, -0.2) is 14.2 Å². The first kappa shape index (κ1) is 21.1. The lowest BCUT2D eigenvalue weighted by Crippen LogP contribution is -2.28. The SMILES string of the molecule is CCc1ccc(S(=O)Nc2nc3ccccc3nc2N(N)c2cccc3ccccc23)cc1. The normalized spacial score (nSPS) is 12.1. The van der Waals surface area contributed by atoms with Gasteiger partial charge in [-0.3, -0.25) is 9.73 Å². The van der Waals surface area contributed by atoms with E-state index in [2.05, 4.69) is 11.6 Å². The molecule has 3 N–H and O–H groups in total. The van der Waals surface area contributed by atoms with E-state index in [0.717, 1.165) is 22.9 Å². The fraction of sp³-hybridized carbons (Fsp3) is 0.0769. The van der Waals surface area contributed by atoms with Crippen molar-refractivity contribution in [2.75, 3.05) is 9.73 Å². The molecule has 6 nitrogen and oxygen atoms in total. The summed E-state index contributed by atoms with van der Waals surface area (Å²) in [6.07, 6.45) is 0.924. The predicted molar refractivity (Wildman–Crippen MR) is 136 cm³/mol. The molecule has 0 aliphatic heterocycles. The van der Waals surface area contributed by atoms with Gasteiger partial charge in [0.2, 0.25) is 0 Å². The van der Waals surface area contributed by atoms with Crippen LogP contribution in [0.25, 0.3) is 21.8 Å². The van der Waals surface area contributed by atoms with Crippen molar-refractivity contribution in [3.8, 4) is 0 Å². The quantitative estimate of drug-likeness (QED) is 0.262. The minimum atomic E-state index is -1.53. The Kier molecular flexibility index (Phi) is 5.73. The van der Waals surface area contributed by atoms with Crippen molar-refractivity contribution in [2.45, 2.75) is 18.2 Å². The summed E-state index contributed by atoms with van der Waals surface area (Å²) in [5, 5.41) is 3.55. The number of fused-ring (bicyclic) bond motifs is 2. The summed E-state index contributed by atoms with van der Waals surface area (Å²) in [5.41, 5.74) is 3.35. The second kappa shape index (κ2) is 8.97. The van der Waals surface area contributed by atoms with Crippen molar-refractivity contribution in [1.82, 2.24) is 9.97 Å². The molecule has 0 spiro atoms. The van der Waals surface area contributed by atoms with E-state index >= 15 is 0 Å². The number of para-hydroxylation sites is 2. The fourth-order valence-electron chi connectivity index (χ4n) is 3.76. The average molecular weight is 454 g/mol. The Bertz CT molecular complexity index is 1460. The number of hydrazine groups is 1. The number of aryl methyl sites for hydroxylation is 1. The lowest BCUT2D eigenvalue weighted by molar-refractivity contribution is 0.686. The first-order valence-corrected chi connectivity index (χ1v) is 11.9. The van der Waals surface area contributed by atoms with Gasteiger partial charge in [0, 0.05) is 5.39 Å². The molecule has 0 radical (unpaired) electrons. The summed E-state index contributed by atoms with van der Waals surface area (Å²) in [6.45, 7) is 2.09. The molecular formula is C26H23N5OS. The Morgan fingerprint density at radius 2 is 1.52 bits per heavy atom. The van der Waals surface area contributed by atoms with Gasteiger partial charge in [-0.05, 0) is 47.7 Å². The van der Waals surface area contributed by atoms with Crippen LogP contribution in [0.2, 0.25) is 0 Å². The summed E-state index contributed by atoms with van der Waals surface area (Å²) < 4.78 is 16.2. The van der Waals surface area contributed by atoms with Crippen molar-refractivity contribution in [3.63, 3.8) is 0 Å². The summed E-state index contributed by atoms with van der Waals surface area (Å²) in [4.78, 5) is 10.1. The van der Waals surface area contributed by atoms with E-state index in [9.17, 15) is 4.21 Å². The smallest absolute Gasteiger partial charge is 0.192 e. The maximum atomic E-state index is 13.1. The zero-order valence-corrected chi connectivity index (χ0v) is 18.9. The van der Waals surface area contributed by atoms with E-state index < -0.39 is 11.0 Å². The van der Waals surface area contributed by atoms with Gasteiger partial charge in [-0.2, -0.15) is 0 Å². The highest BCUT2D eigenvalue weighted by Crippen LogP contribution is 2.33. The maximum absolute atomic E-state index is 13.1. The Hall–Kier alpha value is -3.81. The molecule has 1 atom stereocenters. The Morgan fingerprint density at radius 3 is 2.27 bits per heavy atom. The zero-order valence-electron chi connectivity index (χ0n) is 18.1. The molecule has 0 aliphatic carbocycles. The first-order chi connectivity index (χ1) is 16.1. The van der Waals surface area contributed by atoms with Gasteiger partial charge in [0.05, 0.1) is 21.6 Å². The molecule has 0 bridgehead atoms. The molecule has 1 heterocycles. The van der Waals surface area contributed by atoms with Crippen molar-refractivity contribution >= 4 is 50.1 Å². The minimum absolute atomic E-state index is 0.349. The monoisotopic (exact) mass is 453 g/mol. The number of nitrogens with zero attached hydrogens (tertiary/aromatic N) is 3. The van der Waals surface area contributed by atoms with Gasteiger partial charge in [-0.15, -0.1) is 0 Å². The van der Waals surface area contributed by atoms with Gasteiger partial charge < -0.3 is 0 Å². The molecule has 164 valence electrons. The number of benzene rings is 4. The van der Waals surface area contributed by atoms with Crippen molar-refractivity contribution < 1.29 is 4.21 Å². The van der Waals surface area contributed by atoms with E-state index in [1.807, 2.05) is 91.0 Å². The molecule has 0 amide bonds. The number of aromatic nitrogens is 2. The van der Waals surface area contributed by atoms with Gasteiger partial charge >= 0.3 is 0 Å². The van der Waals surface area contributed by atoms with Gasteiger partial charge in [-0.25, -0.2) is 20.0 Å².